The summed E-state index contributed by atoms with van der Waals surface area (Å²) in [5, 5.41) is 7.74. The summed E-state index contributed by atoms with van der Waals surface area (Å²) in [5.74, 6) is 1.58. The number of rotatable bonds is 6. The summed E-state index contributed by atoms with van der Waals surface area (Å²) in [7, 11) is 0. The van der Waals surface area contributed by atoms with Crippen molar-refractivity contribution in [1.29, 1.82) is 0 Å². The zero-order valence-corrected chi connectivity index (χ0v) is 11.6. The molecule has 6 heteroatoms. The second kappa shape index (κ2) is 6.78. The molecule has 18 heavy (non-hydrogen) atoms. The minimum atomic E-state index is 0.206. The number of hydrogen-bond acceptors (Lipinski definition) is 4. The van der Waals surface area contributed by atoms with Crippen LogP contribution in [0.1, 0.15) is 38.4 Å². The second-order valence-electron chi connectivity index (χ2n) is 4.54. The molecule has 2 rings (SSSR count). The summed E-state index contributed by atoms with van der Waals surface area (Å²) in [6, 6.07) is 0. The molecule has 1 aliphatic rings. The van der Waals surface area contributed by atoms with Crippen LogP contribution in [0, 0.1) is 0 Å². The van der Waals surface area contributed by atoms with Crippen LogP contribution in [0.25, 0.3) is 0 Å². The Morgan fingerprint density at radius 2 is 2.22 bits per heavy atom. The van der Waals surface area contributed by atoms with Gasteiger partial charge in [-0.25, -0.2) is 4.98 Å². The average Bonchev–Trinajstić information content (AvgIpc) is 3.04. The van der Waals surface area contributed by atoms with E-state index in [0.717, 1.165) is 51.0 Å². The maximum Gasteiger partial charge on any atom is 0.233 e. The van der Waals surface area contributed by atoms with Crippen LogP contribution < -0.4 is 0 Å². The van der Waals surface area contributed by atoms with E-state index < -0.39 is 0 Å². The number of unbranched alkanes of at least 4 members (excludes halogenated alkanes) is 1. The molecule has 0 aromatic carbocycles. The standard InChI is InChI=1S/C12H20N4OS/c1-2-3-6-10-13-12(15-14-10)18-9-11(17)16-7-4-5-8-16/h2-9H2,1H3,(H,13,14,15). The van der Waals surface area contributed by atoms with Gasteiger partial charge in [-0.1, -0.05) is 25.1 Å². The molecule has 5 nitrogen and oxygen atoms in total. The summed E-state index contributed by atoms with van der Waals surface area (Å²) in [5.41, 5.74) is 0. The number of nitrogens with one attached hydrogen (secondary N) is 1. The Balaban J connectivity index is 1.75. The van der Waals surface area contributed by atoms with Gasteiger partial charge in [0, 0.05) is 19.5 Å². The van der Waals surface area contributed by atoms with Crippen LogP contribution in [0.5, 0.6) is 0 Å². The minimum Gasteiger partial charge on any atom is -0.342 e. The van der Waals surface area contributed by atoms with Crippen molar-refractivity contribution in [1.82, 2.24) is 20.1 Å². The molecule has 0 radical (unpaired) electrons. The number of carbonyl (C=O) groups is 1. The van der Waals surface area contributed by atoms with E-state index in [0.29, 0.717) is 10.9 Å². The molecule has 1 amide bonds. The molecule has 0 bridgehead atoms. The number of thioether (sulfide) groups is 1. The van der Waals surface area contributed by atoms with Crippen LogP contribution in [0.2, 0.25) is 0 Å². The SMILES string of the molecule is CCCCc1nc(SCC(=O)N2CCCC2)n[nH]1. The number of H-pyrrole nitrogens is 1. The summed E-state index contributed by atoms with van der Waals surface area (Å²) >= 11 is 1.42. The summed E-state index contributed by atoms with van der Waals surface area (Å²) in [6.45, 7) is 3.98. The van der Waals surface area contributed by atoms with Crippen molar-refractivity contribution in [3.63, 3.8) is 0 Å². The van der Waals surface area contributed by atoms with E-state index >= 15 is 0 Å². The molecule has 0 atom stereocenters. The van der Waals surface area contributed by atoms with Gasteiger partial charge in [0.15, 0.2) is 0 Å². The number of carbonyl (C=O) groups excluding carboxylic acids is 1. The molecule has 100 valence electrons. The largest absolute Gasteiger partial charge is 0.342 e. The highest BCUT2D eigenvalue weighted by molar-refractivity contribution is 7.99. The number of likely N-dealkylation sites (tertiary alicyclic amines) is 1. The summed E-state index contributed by atoms with van der Waals surface area (Å²) < 4.78 is 0. The molecule has 0 aliphatic carbocycles. The highest BCUT2D eigenvalue weighted by Crippen LogP contribution is 2.16. The third-order valence-electron chi connectivity index (χ3n) is 3.06. The summed E-state index contributed by atoms with van der Waals surface area (Å²) in [4.78, 5) is 18.1. The predicted octanol–water partition coefficient (Wildman–Crippen LogP) is 1.86. The maximum atomic E-state index is 11.8. The van der Waals surface area contributed by atoms with Crippen molar-refractivity contribution in [2.75, 3.05) is 18.8 Å². The van der Waals surface area contributed by atoms with Crippen LogP contribution in [-0.2, 0) is 11.2 Å². The van der Waals surface area contributed by atoms with E-state index in [1.54, 1.807) is 0 Å². The molecule has 1 aromatic heterocycles. The van der Waals surface area contributed by atoms with Gasteiger partial charge in [0.05, 0.1) is 5.75 Å². The molecule has 1 saturated heterocycles. The molecule has 1 aromatic rings. The summed E-state index contributed by atoms with van der Waals surface area (Å²) in [6.07, 6.45) is 5.48. The third kappa shape index (κ3) is 3.73. The molecule has 1 N–H and O–H groups in total. The van der Waals surface area contributed by atoms with Crippen molar-refractivity contribution in [3.05, 3.63) is 5.82 Å². The zero-order chi connectivity index (χ0) is 12.8. The smallest absolute Gasteiger partial charge is 0.233 e. The van der Waals surface area contributed by atoms with Crippen molar-refractivity contribution in [2.45, 2.75) is 44.2 Å². The van der Waals surface area contributed by atoms with Gasteiger partial charge in [0.25, 0.3) is 0 Å². The lowest BCUT2D eigenvalue weighted by Crippen LogP contribution is -2.29. The molecular formula is C12H20N4OS. The Labute approximate surface area is 112 Å². The molecule has 1 fully saturated rings. The third-order valence-corrected chi connectivity index (χ3v) is 3.89. The van der Waals surface area contributed by atoms with Crippen molar-refractivity contribution >= 4 is 17.7 Å². The fraction of sp³-hybridized carbons (Fsp3) is 0.750. The first kappa shape index (κ1) is 13.4. The molecule has 0 spiro atoms. The number of amides is 1. The fourth-order valence-electron chi connectivity index (χ4n) is 1.98. The first-order chi connectivity index (χ1) is 8.79. The van der Waals surface area contributed by atoms with Gasteiger partial charge in [0.2, 0.25) is 11.1 Å². The van der Waals surface area contributed by atoms with E-state index in [-0.39, 0.29) is 5.91 Å². The van der Waals surface area contributed by atoms with Gasteiger partial charge in [-0.2, -0.15) is 0 Å². The van der Waals surface area contributed by atoms with Gasteiger partial charge in [-0.05, 0) is 19.3 Å². The monoisotopic (exact) mass is 268 g/mol. The van der Waals surface area contributed by atoms with E-state index in [1.165, 1.54) is 11.8 Å². The molecule has 1 aliphatic heterocycles. The number of nitrogens with zero attached hydrogens (tertiary/aromatic N) is 3. The highest BCUT2D eigenvalue weighted by Gasteiger charge is 2.18. The van der Waals surface area contributed by atoms with E-state index in [4.69, 9.17) is 0 Å². The van der Waals surface area contributed by atoms with E-state index in [1.807, 2.05) is 4.90 Å². The van der Waals surface area contributed by atoms with Gasteiger partial charge < -0.3 is 4.90 Å². The lowest BCUT2D eigenvalue weighted by Gasteiger charge is -2.13. The molecule has 0 unspecified atom stereocenters. The van der Waals surface area contributed by atoms with Crippen LogP contribution in [0.3, 0.4) is 0 Å². The number of hydrogen-bond donors (Lipinski definition) is 1. The minimum absolute atomic E-state index is 0.206. The Hall–Kier alpha value is -1.04. The normalized spacial score (nSPS) is 15.3. The zero-order valence-electron chi connectivity index (χ0n) is 10.8. The predicted molar refractivity (Wildman–Crippen MR) is 71.5 cm³/mol. The van der Waals surface area contributed by atoms with Crippen LogP contribution >= 0.6 is 11.8 Å². The lowest BCUT2D eigenvalue weighted by atomic mass is 10.2. The average molecular weight is 268 g/mol. The van der Waals surface area contributed by atoms with Gasteiger partial charge in [-0.3, -0.25) is 9.89 Å². The van der Waals surface area contributed by atoms with Gasteiger partial charge in [-0.15, -0.1) is 5.10 Å². The Morgan fingerprint density at radius 1 is 1.44 bits per heavy atom. The second-order valence-corrected chi connectivity index (χ2v) is 5.49. The van der Waals surface area contributed by atoms with Crippen LogP contribution in [-0.4, -0.2) is 44.8 Å². The number of aryl methyl sites for hydroxylation is 1. The Kier molecular flexibility index (Phi) is 5.04. The number of aromatic amines is 1. The van der Waals surface area contributed by atoms with Crippen molar-refractivity contribution in [3.8, 4) is 0 Å². The van der Waals surface area contributed by atoms with E-state index in [9.17, 15) is 4.79 Å². The van der Waals surface area contributed by atoms with Gasteiger partial charge >= 0.3 is 0 Å². The molecular weight excluding hydrogens is 248 g/mol. The maximum absolute atomic E-state index is 11.8. The molecule has 2 heterocycles. The first-order valence-electron chi connectivity index (χ1n) is 6.61. The Bertz CT molecular complexity index is 387. The van der Waals surface area contributed by atoms with E-state index in [2.05, 4.69) is 22.1 Å². The highest BCUT2D eigenvalue weighted by atomic mass is 32.2. The van der Waals surface area contributed by atoms with Crippen LogP contribution in [0.4, 0.5) is 0 Å². The topological polar surface area (TPSA) is 61.9 Å². The van der Waals surface area contributed by atoms with Crippen molar-refractivity contribution in [2.24, 2.45) is 0 Å². The Morgan fingerprint density at radius 3 is 2.94 bits per heavy atom. The first-order valence-corrected chi connectivity index (χ1v) is 7.60. The van der Waals surface area contributed by atoms with Crippen LogP contribution in [0.15, 0.2) is 5.16 Å². The van der Waals surface area contributed by atoms with Gasteiger partial charge in [0.1, 0.15) is 5.82 Å². The lowest BCUT2D eigenvalue weighted by molar-refractivity contribution is -0.127. The number of aromatic nitrogens is 3. The fourth-order valence-corrected chi connectivity index (χ4v) is 2.70. The quantitative estimate of drug-likeness (QED) is 0.800. The molecule has 0 saturated carbocycles. The van der Waals surface area contributed by atoms with Crippen molar-refractivity contribution < 1.29 is 4.79 Å².